The van der Waals surface area contributed by atoms with Crippen molar-refractivity contribution in [3.8, 4) is 0 Å². The average Bonchev–Trinajstić information content (AvgIpc) is 2.63. The predicted molar refractivity (Wildman–Crippen MR) is 93.9 cm³/mol. The highest BCUT2D eigenvalue weighted by atomic mass is 16.6. The first-order chi connectivity index (χ1) is 12.3. The summed E-state index contributed by atoms with van der Waals surface area (Å²) in [6.07, 6.45) is -1.65. The second-order valence-electron chi connectivity index (χ2n) is 6.12. The van der Waals surface area contributed by atoms with Crippen LogP contribution in [0.25, 0.3) is 0 Å². The molecule has 1 rings (SSSR count). The molecule has 3 atom stereocenters. The SMILES string of the molecule is COC(=O)[C@@H](N)[C@H](C)OC(=O)[C@@H](NC(=O)OCc1ccccc1)C(C)C. The minimum Gasteiger partial charge on any atom is -0.468 e. The number of nitrogens with two attached hydrogens (primary N) is 1. The second kappa shape index (κ2) is 10.4. The Morgan fingerprint density at radius 1 is 1.08 bits per heavy atom. The third-order valence-corrected chi connectivity index (χ3v) is 3.69. The van der Waals surface area contributed by atoms with Crippen molar-refractivity contribution in [2.24, 2.45) is 11.7 Å². The highest BCUT2D eigenvalue weighted by Crippen LogP contribution is 2.09. The van der Waals surface area contributed by atoms with Gasteiger partial charge in [-0.2, -0.15) is 0 Å². The lowest BCUT2D eigenvalue weighted by molar-refractivity contribution is -0.157. The van der Waals surface area contributed by atoms with E-state index in [1.807, 2.05) is 30.3 Å². The molecule has 1 aromatic carbocycles. The molecule has 0 heterocycles. The van der Waals surface area contributed by atoms with Crippen molar-refractivity contribution >= 4 is 18.0 Å². The van der Waals surface area contributed by atoms with Crippen molar-refractivity contribution < 1.29 is 28.6 Å². The van der Waals surface area contributed by atoms with Gasteiger partial charge in [0.1, 0.15) is 24.8 Å². The molecule has 1 aromatic rings. The monoisotopic (exact) mass is 366 g/mol. The molecule has 0 bridgehead atoms. The van der Waals surface area contributed by atoms with Gasteiger partial charge in [-0.25, -0.2) is 9.59 Å². The van der Waals surface area contributed by atoms with Gasteiger partial charge in [0.05, 0.1) is 7.11 Å². The minimum atomic E-state index is -1.11. The molecule has 0 saturated heterocycles. The van der Waals surface area contributed by atoms with Crippen LogP contribution in [0.2, 0.25) is 0 Å². The molecule has 0 saturated carbocycles. The van der Waals surface area contributed by atoms with Crippen molar-refractivity contribution in [1.29, 1.82) is 0 Å². The summed E-state index contributed by atoms with van der Waals surface area (Å²) in [7, 11) is 1.19. The highest BCUT2D eigenvalue weighted by Gasteiger charge is 2.31. The van der Waals surface area contributed by atoms with Crippen LogP contribution in [0.4, 0.5) is 4.79 Å². The van der Waals surface area contributed by atoms with Crippen LogP contribution in [0.1, 0.15) is 26.3 Å². The molecule has 8 nitrogen and oxygen atoms in total. The van der Waals surface area contributed by atoms with Gasteiger partial charge in [-0.1, -0.05) is 44.2 Å². The number of nitrogens with one attached hydrogen (secondary N) is 1. The summed E-state index contributed by atoms with van der Waals surface area (Å²) in [5, 5.41) is 2.48. The van der Waals surface area contributed by atoms with E-state index >= 15 is 0 Å². The maximum atomic E-state index is 12.3. The van der Waals surface area contributed by atoms with Gasteiger partial charge in [-0.15, -0.1) is 0 Å². The van der Waals surface area contributed by atoms with Gasteiger partial charge >= 0.3 is 18.0 Å². The fourth-order valence-electron chi connectivity index (χ4n) is 2.05. The largest absolute Gasteiger partial charge is 0.468 e. The fourth-order valence-corrected chi connectivity index (χ4v) is 2.05. The van der Waals surface area contributed by atoms with Gasteiger partial charge in [0.15, 0.2) is 0 Å². The highest BCUT2D eigenvalue weighted by molar-refractivity contribution is 5.82. The average molecular weight is 366 g/mol. The first kappa shape index (κ1) is 21.4. The molecular weight excluding hydrogens is 340 g/mol. The topological polar surface area (TPSA) is 117 Å². The van der Waals surface area contributed by atoms with Gasteiger partial charge in [0, 0.05) is 0 Å². The van der Waals surface area contributed by atoms with E-state index in [1.165, 1.54) is 14.0 Å². The van der Waals surface area contributed by atoms with Gasteiger partial charge in [-0.3, -0.25) is 4.79 Å². The molecule has 0 radical (unpaired) electrons. The molecule has 0 fully saturated rings. The molecule has 0 spiro atoms. The fraction of sp³-hybridized carbons (Fsp3) is 0.500. The Balaban J connectivity index is 2.59. The van der Waals surface area contributed by atoms with E-state index in [0.717, 1.165) is 5.56 Å². The van der Waals surface area contributed by atoms with E-state index in [-0.39, 0.29) is 12.5 Å². The molecule has 0 unspecified atom stereocenters. The quantitative estimate of drug-likeness (QED) is 0.527. The first-order valence-electron chi connectivity index (χ1n) is 8.27. The van der Waals surface area contributed by atoms with E-state index in [1.54, 1.807) is 13.8 Å². The summed E-state index contributed by atoms with van der Waals surface area (Å²) in [6, 6.07) is 7.10. The zero-order chi connectivity index (χ0) is 19.7. The number of alkyl carbamates (subject to hydrolysis) is 1. The van der Waals surface area contributed by atoms with Crippen LogP contribution in [0.3, 0.4) is 0 Å². The molecule has 0 aliphatic heterocycles. The number of carbonyl (C=O) groups excluding carboxylic acids is 3. The lowest BCUT2D eigenvalue weighted by Crippen LogP contribution is -2.49. The number of amides is 1. The number of rotatable bonds is 8. The zero-order valence-corrected chi connectivity index (χ0v) is 15.4. The number of ether oxygens (including phenoxy) is 3. The summed E-state index contributed by atoms with van der Waals surface area (Å²) >= 11 is 0. The Bertz CT molecular complexity index is 605. The number of methoxy groups -OCH3 is 1. The Morgan fingerprint density at radius 3 is 2.23 bits per heavy atom. The smallest absolute Gasteiger partial charge is 0.408 e. The molecule has 1 amide bonds. The summed E-state index contributed by atoms with van der Waals surface area (Å²) in [5.74, 6) is -1.65. The molecule has 26 heavy (non-hydrogen) atoms. The predicted octanol–water partition coefficient (Wildman–Crippen LogP) is 1.37. The molecule has 0 aromatic heterocycles. The molecule has 8 heteroatoms. The van der Waals surface area contributed by atoms with Crippen LogP contribution >= 0.6 is 0 Å². The van der Waals surface area contributed by atoms with Crippen LogP contribution in [0.15, 0.2) is 30.3 Å². The molecule has 0 aliphatic rings. The van der Waals surface area contributed by atoms with E-state index in [4.69, 9.17) is 15.2 Å². The number of carbonyl (C=O) groups is 3. The van der Waals surface area contributed by atoms with Gasteiger partial charge < -0.3 is 25.3 Å². The Hall–Kier alpha value is -2.61. The maximum Gasteiger partial charge on any atom is 0.408 e. The van der Waals surface area contributed by atoms with Crippen LogP contribution in [0.5, 0.6) is 0 Å². The minimum absolute atomic E-state index is 0.0795. The summed E-state index contributed by atoms with van der Waals surface area (Å²) in [6.45, 7) is 5.05. The molecule has 3 N–H and O–H groups in total. The summed E-state index contributed by atoms with van der Waals surface area (Å²) in [4.78, 5) is 35.7. The van der Waals surface area contributed by atoms with Gasteiger partial charge in [-0.05, 0) is 18.4 Å². The Morgan fingerprint density at radius 2 is 1.69 bits per heavy atom. The van der Waals surface area contributed by atoms with Crippen LogP contribution < -0.4 is 11.1 Å². The molecule has 0 aliphatic carbocycles. The van der Waals surface area contributed by atoms with Crippen molar-refractivity contribution in [2.45, 2.75) is 45.6 Å². The Labute approximate surface area is 153 Å². The molecular formula is C18H26N2O6. The van der Waals surface area contributed by atoms with Crippen molar-refractivity contribution in [3.63, 3.8) is 0 Å². The number of esters is 2. The number of hydrogen-bond acceptors (Lipinski definition) is 7. The van der Waals surface area contributed by atoms with Crippen molar-refractivity contribution in [1.82, 2.24) is 5.32 Å². The zero-order valence-electron chi connectivity index (χ0n) is 15.4. The van der Waals surface area contributed by atoms with Gasteiger partial charge in [0.2, 0.25) is 0 Å². The number of benzene rings is 1. The standard InChI is InChI=1S/C18H26N2O6/c1-11(2)15(17(22)26-12(3)14(19)16(21)24-4)20-18(23)25-10-13-8-6-5-7-9-13/h5-9,11-12,14-15H,10,19H2,1-4H3,(H,20,23)/t12-,14-,15-/m0/s1. The van der Waals surface area contributed by atoms with Crippen molar-refractivity contribution in [3.05, 3.63) is 35.9 Å². The lowest BCUT2D eigenvalue weighted by Gasteiger charge is -2.24. The molecule has 144 valence electrons. The van der Waals surface area contributed by atoms with Crippen LogP contribution in [-0.4, -0.2) is 43.3 Å². The summed E-state index contributed by atoms with van der Waals surface area (Å²) in [5.41, 5.74) is 6.47. The van der Waals surface area contributed by atoms with E-state index < -0.39 is 36.2 Å². The normalized spacial score (nSPS) is 14.1. The maximum absolute atomic E-state index is 12.3. The third kappa shape index (κ3) is 6.72. The van der Waals surface area contributed by atoms with Crippen molar-refractivity contribution in [2.75, 3.05) is 7.11 Å². The first-order valence-corrected chi connectivity index (χ1v) is 8.27. The van der Waals surface area contributed by atoms with Crippen LogP contribution in [-0.2, 0) is 30.4 Å². The van der Waals surface area contributed by atoms with Gasteiger partial charge in [0.25, 0.3) is 0 Å². The lowest BCUT2D eigenvalue weighted by atomic mass is 10.0. The Kier molecular flexibility index (Phi) is 8.57. The third-order valence-electron chi connectivity index (χ3n) is 3.69. The summed E-state index contributed by atoms with van der Waals surface area (Å²) < 4.78 is 14.8. The van der Waals surface area contributed by atoms with E-state index in [0.29, 0.717) is 0 Å². The number of hydrogen-bond donors (Lipinski definition) is 2. The van der Waals surface area contributed by atoms with E-state index in [2.05, 4.69) is 10.1 Å². The second-order valence-corrected chi connectivity index (χ2v) is 6.12. The van der Waals surface area contributed by atoms with Crippen LogP contribution in [0, 0.1) is 5.92 Å². The van der Waals surface area contributed by atoms with E-state index in [9.17, 15) is 14.4 Å².